The molecule has 126 valence electrons. The maximum atomic E-state index is 12.5. The number of nitrogens with zero attached hydrogens (tertiary/aromatic N) is 1. The molecule has 1 aromatic carbocycles. The summed E-state index contributed by atoms with van der Waals surface area (Å²) in [6.07, 6.45) is 0. The number of hydrogen-bond acceptors (Lipinski definition) is 5. The van der Waals surface area contributed by atoms with Crippen LogP contribution in [0.4, 0.5) is 0 Å². The van der Waals surface area contributed by atoms with Gasteiger partial charge in [0.15, 0.2) is 0 Å². The number of benzene rings is 1. The topological polar surface area (TPSA) is 95.6 Å². The molecule has 1 aliphatic heterocycles. The molecule has 1 atom stereocenters. The van der Waals surface area contributed by atoms with E-state index in [1.54, 1.807) is 0 Å². The maximum Gasteiger partial charge on any atom is 0.243 e. The quantitative estimate of drug-likeness (QED) is 0.778. The monoisotopic (exact) mass is 369 g/mol. The van der Waals surface area contributed by atoms with Crippen molar-refractivity contribution in [2.24, 2.45) is 0 Å². The highest BCUT2D eigenvalue weighted by Gasteiger charge is 2.28. The average Bonchev–Trinajstić information content (AvgIpc) is 2.47. The molecule has 2 N–H and O–H groups in total. The van der Waals surface area contributed by atoms with Gasteiger partial charge in [0, 0.05) is 25.7 Å². The first-order valence-corrected chi connectivity index (χ1v) is 9.47. The molecule has 7 nitrogen and oxygen atoms in total. The number of halogens is 1. The van der Waals surface area contributed by atoms with Gasteiger partial charge in [0.05, 0.1) is 9.79 Å². The van der Waals surface area contributed by atoms with E-state index in [9.17, 15) is 16.8 Å². The van der Waals surface area contributed by atoms with Crippen molar-refractivity contribution in [3.05, 3.63) is 24.3 Å². The highest BCUT2D eigenvalue weighted by molar-refractivity contribution is 7.89. The molecule has 2 rings (SSSR count). The minimum Gasteiger partial charge on any atom is -0.312 e. The van der Waals surface area contributed by atoms with Gasteiger partial charge in [-0.25, -0.2) is 21.6 Å². The van der Waals surface area contributed by atoms with Gasteiger partial charge in [0.1, 0.15) is 0 Å². The Kier molecular flexibility index (Phi) is 6.36. The SMILES string of the molecule is CNS(=O)(=O)c1ccc(S(=O)(=O)N2CCNC(C)C2)cc1.Cl. The first kappa shape index (κ1) is 19.3. The Morgan fingerprint density at radius 1 is 1.14 bits per heavy atom. The summed E-state index contributed by atoms with van der Waals surface area (Å²) in [5.74, 6) is 0. The van der Waals surface area contributed by atoms with Crippen LogP contribution < -0.4 is 10.0 Å². The van der Waals surface area contributed by atoms with E-state index >= 15 is 0 Å². The van der Waals surface area contributed by atoms with Crippen LogP contribution in [0.25, 0.3) is 0 Å². The minimum atomic E-state index is -3.59. The number of hydrogen-bond donors (Lipinski definition) is 2. The van der Waals surface area contributed by atoms with Crippen LogP contribution in [-0.4, -0.2) is 53.9 Å². The maximum absolute atomic E-state index is 12.5. The summed E-state index contributed by atoms with van der Waals surface area (Å²) in [7, 11) is -5.84. The molecule has 0 radical (unpaired) electrons. The molecule has 1 aliphatic rings. The Bertz CT molecular complexity index is 704. The molecular weight excluding hydrogens is 350 g/mol. The first-order chi connectivity index (χ1) is 9.77. The highest BCUT2D eigenvalue weighted by atomic mass is 35.5. The van der Waals surface area contributed by atoms with Crippen LogP contribution in [-0.2, 0) is 20.0 Å². The largest absolute Gasteiger partial charge is 0.312 e. The number of piperazine rings is 1. The third-order valence-corrected chi connectivity index (χ3v) is 6.68. The van der Waals surface area contributed by atoms with Crippen LogP contribution >= 0.6 is 12.4 Å². The fourth-order valence-corrected chi connectivity index (χ4v) is 4.43. The molecule has 1 saturated heterocycles. The van der Waals surface area contributed by atoms with Crippen LogP contribution in [0.15, 0.2) is 34.1 Å². The summed E-state index contributed by atoms with van der Waals surface area (Å²) in [6.45, 7) is 3.33. The summed E-state index contributed by atoms with van der Waals surface area (Å²) < 4.78 is 51.8. The molecule has 10 heteroatoms. The number of nitrogens with one attached hydrogen (secondary N) is 2. The highest BCUT2D eigenvalue weighted by Crippen LogP contribution is 2.19. The van der Waals surface area contributed by atoms with E-state index in [2.05, 4.69) is 10.0 Å². The van der Waals surface area contributed by atoms with Crippen molar-refractivity contribution in [3.8, 4) is 0 Å². The van der Waals surface area contributed by atoms with Crippen molar-refractivity contribution in [1.29, 1.82) is 0 Å². The zero-order valence-corrected chi connectivity index (χ0v) is 14.8. The number of sulfonamides is 2. The first-order valence-electron chi connectivity index (χ1n) is 6.54. The summed E-state index contributed by atoms with van der Waals surface area (Å²) in [5, 5.41) is 3.18. The van der Waals surface area contributed by atoms with Gasteiger partial charge in [0.25, 0.3) is 0 Å². The van der Waals surface area contributed by atoms with Gasteiger partial charge in [-0.15, -0.1) is 12.4 Å². The zero-order chi connectivity index (χ0) is 15.7. The predicted molar refractivity (Wildman–Crippen MR) is 86.2 cm³/mol. The van der Waals surface area contributed by atoms with Crippen LogP contribution in [0.5, 0.6) is 0 Å². The standard InChI is InChI=1S/C12H19N3O4S2.ClH/c1-10-9-15(8-7-14-10)21(18,19)12-5-3-11(4-6-12)20(16,17)13-2;/h3-6,10,13-14H,7-9H2,1-2H3;1H. The Morgan fingerprint density at radius 3 is 2.18 bits per heavy atom. The molecule has 0 bridgehead atoms. The summed E-state index contributed by atoms with van der Waals surface area (Å²) >= 11 is 0. The summed E-state index contributed by atoms with van der Waals surface area (Å²) in [4.78, 5) is 0.143. The minimum absolute atomic E-state index is 0. The molecule has 0 spiro atoms. The summed E-state index contributed by atoms with van der Waals surface area (Å²) in [6, 6.07) is 5.34. The molecule has 1 heterocycles. The third kappa shape index (κ3) is 3.98. The molecule has 0 saturated carbocycles. The molecule has 0 aliphatic carbocycles. The van der Waals surface area contributed by atoms with E-state index in [0.29, 0.717) is 19.6 Å². The van der Waals surface area contributed by atoms with Crippen LogP contribution in [0.2, 0.25) is 0 Å². The van der Waals surface area contributed by atoms with Gasteiger partial charge >= 0.3 is 0 Å². The van der Waals surface area contributed by atoms with Crippen molar-refractivity contribution < 1.29 is 16.8 Å². The summed E-state index contributed by atoms with van der Waals surface area (Å²) in [5.41, 5.74) is 0. The van der Waals surface area contributed by atoms with Crippen molar-refractivity contribution in [3.63, 3.8) is 0 Å². The second-order valence-corrected chi connectivity index (χ2v) is 8.72. The molecule has 1 unspecified atom stereocenters. The van der Waals surface area contributed by atoms with Gasteiger partial charge in [0.2, 0.25) is 20.0 Å². The normalized spacial score (nSPS) is 20.4. The fraction of sp³-hybridized carbons (Fsp3) is 0.500. The van der Waals surface area contributed by atoms with Gasteiger partial charge in [-0.1, -0.05) is 0 Å². The molecule has 1 fully saturated rings. The van der Waals surface area contributed by atoms with E-state index in [0.717, 1.165) is 0 Å². The van der Waals surface area contributed by atoms with E-state index in [-0.39, 0.29) is 28.2 Å². The smallest absolute Gasteiger partial charge is 0.243 e. The van der Waals surface area contributed by atoms with Gasteiger partial charge in [-0.3, -0.25) is 0 Å². The molecular formula is C12H20ClN3O4S2. The lowest BCUT2D eigenvalue weighted by atomic mass is 10.3. The zero-order valence-electron chi connectivity index (χ0n) is 12.3. The predicted octanol–water partition coefficient (Wildman–Crippen LogP) is -0.00110. The molecule has 0 amide bonds. The Morgan fingerprint density at radius 2 is 1.68 bits per heavy atom. The molecule has 0 aromatic heterocycles. The van der Waals surface area contributed by atoms with E-state index in [1.165, 1.54) is 35.6 Å². The molecule has 22 heavy (non-hydrogen) atoms. The van der Waals surface area contributed by atoms with E-state index < -0.39 is 20.0 Å². The molecule has 1 aromatic rings. The van der Waals surface area contributed by atoms with Crippen molar-refractivity contribution in [2.45, 2.75) is 22.8 Å². The van der Waals surface area contributed by atoms with Crippen molar-refractivity contribution in [2.75, 3.05) is 26.7 Å². The third-order valence-electron chi connectivity index (χ3n) is 3.37. The Hall–Kier alpha value is -0.710. The van der Waals surface area contributed by atoms with Crippen LogP contribution in [0, 0.1) is 0 Å². The van der Waals surface area contributed by atoms with Gasteiger partial charge in [-0.05, 0) is 38.2 Å². The van der Waals surface area contributed by atoms with Crippen molar-refractivity contribution in [1.82, 2.24) is 14.3 Å². The lowest BCUT2D eigenvalue weighted by Gasteiger charge is -2.31. The van der Waals surface area contributed by atoms with E-state index in [4.69, 9.17) is 0 Å². The van der Waals surface area contributed by atoms with Gasteiger partial charge < -0.3 is 5.32 Å². The average molecular weight is 370 g/mol. The Balaban J connectivity index is 0.00000242. The van der Waals surface area contributed by atoms with Crippen LogP contribution in [0.1, 0.15) is 6.92 Å². The fourth-order valence-electron chi connectivity index (χ4n) is 2.17. The van der Waals surface area contributed by atoms with Crippen molar-refractivity contribution >= 4 is 32.5 Å². The second-order valence-electron chi connectivity index (χ2n) is 4.90. The van der Waals surface area contributed by atoms with Gasteiger partial charge in [-0.2, -0.15) is 4.31 Å². The Labute approximate surface area is 137 Å². The lowest BCUT2D eigenvalue weighted by molar-refractivity contribution is 0.310. The van der Waals surface area contributed by atoms with E-state index in [1.807, 2.05) is 6.92 Å². The lowest BCUT2D eigenvalue weighted by Crippen LogP contribution is -2.51. The van der Waals surface area contributed by atoms with Crippen LogP contribution in [0.3, 0.4) is 0 Å². The second kappa shape index (κ2) is 7.24. The number of rotatable bonds is 4.